The summed E-state index contributed by atoms with van der Waals surface area (Å²) in [5, 5.41) is 3.18. The Labute approximate surface area is 89.4 Å². The lowest BCUT2D eigenvalue weighted by Gasteiger charge is -2.21. The SMILES string of the molecule is CCN1C(=O)N(C2CCCN2)C(=O)C1C. The van der Waals surface area contributed by atoms with Crippen LogP contribution in [0.4, 0.5) is 4.79 Å². The third-order valence-electron chi connectivity index (χ3n) is 3.20. The molecule has 3 amide bonds. The molecule has 0 aliphatic carbocycles. The van der Waals surface area contributed by atoms with Crippen molar-refractivity contribution < 1.29 is 9.59 Å². The van der Waals surface area contributed by atoms with E-state index in [2.05, 4.69) is 5.32 Å². The lowest BCUT2D eigenvalue weighted by molar-refractivity contribution is -0.129. The van der Waals surface area contributed by atoms with Gasteiger partial charge in [-0.1, -0.05) is 0 Å². The average Bonchev–Trinajstić information content (AvgIpc) is 2.77. The van der Waals surface area contributed by atoms with Gasteiger partial charge in [0.2, 0.25) is 0 Å². The first-order valence-electron chi connectivity index (χ1n) is 5.54. The second-order valence-corrected chi connectivity index (χ2v) is 4.06. The third-order valence-corrected chi connectivity index (χ3v) is 3.20. The number of nitrogens with zero attached hydrogens (tertiary/aromatic N) is 2. The van der Waals surface area contributed by atoms with Crippen molar-refractivity contribution in [2.24, 2.45) is 0 Å². The van der Waals surface area contributed by atoms with E-state index in [1.807, 2.05) is 6.92 Å². The first kappa shape index (κ1) is 10.4. The number of likely N-dealkylation sites (N-methyl/N-ethyl adjacent to an activating group) is 1. The molecule has 84 valence electrons. The zero-order valence-electron chi connectivity index (χ0n) is 9.19. The Morgan fingerprint density at radius 2 is 2.20 bits per heavy atom. The summed E-state index contributed by atoms with van der Waals surface area (Å²) in [6.07, 6.45) is 1.83. The molecule has 15 heavy (non-hydrogen) atoms. The molecule has 0 aromatic rings. The highest BCUT2D eigenvalue weighted by molar-refractivity contribution is 6.04. The Balaban J connectivity index is 2.18. The fraction of sp³-hybridized carbons (Fsp3) is 0.800. The van der Waals surface area contributed by atoms with Gasteiger partial charge in [-0.25, -0.2) is 9.69 Å². The smallest absolute Gasteiger partial charge is 0.313 e. The molecule has 2 aliphatic rings. The number of carbonyl (C=O) groups is 2. The summed E-state index contributed by atoms with van der Waals surface area (Å²) in [5.41, 5.74) is 0. The highest BCUT2D eigenvalue weighted by Gasteiger charge is 2.45. The molecule has 2 rings (SSSR count). The molecule has 0 aromatic heterocycles. The van der Waals surface area contributed by atoms with Crippen molar-refractivity contribution in [2.75, 3.05) is 13.1 Å². The maximum absolute atomic E-state index is 11.9. The zero-order chi connectivity index (χ0) is 11.0. The van der Waals surface area contributed by atoms with Crippen molar-refractivity contribution in [2.45, 2.75) is 38.9 Å². The van der Waals surface area contributed by atoms with Gasteiger partial charge < -0.3 is 4.90 Å². The minimum absolute atomic E-state index is 0.0683. The van der Waals surface area contributed by atoms with Crippen molar-refractivity contribution >= 4 is 11.9 Å². The summed E-state index contributed by atoms with van der Waals surface area (Å²) < 4.78 is 0. The van der Waals surface area contributed by atoms with E-state index in [4.69, 9.17) is 0 Å². The molecule has 2 atom stereocenters. The predicted octanol–water partition coefficient (Wildman–Crippen LogP) is 0.368. The van der Waals surface area contributed by atoms with Crippen LogP contribution in [0, 0.1) is 0 Å². The quantitative estimate of drug-likeness (QED) is 0.671. The largest absolute Gasteiger partial charge is 0.328 e. The van der Waals surface area contributed by atoms with Crippen molar-refractivity contribution in [3.8, 4) is 0 Å². The van der Waals surface area contributed by atoms with Crippen LogP contribution in [0.5, 0.6) is 0 Å². The number of hydrogen-bond donors (Lipinski definition) is 1. The Hall–Kier alpha value is -1.10. The Morgan fingerprint density at radius 3 is 2.67 bits per heavy atom. The van der Waals surface area contributed by atoms with E-state index in [-0.39, 0.29) is 24.1 Å². The van der Waals surface area contributed by atoms with E-state index in [1.54, 1.807) is 11.8 Å². The van der Waals surface area contributed by atoms with E-state index in [1.165, 1.54) is 4.90 Å². The maximum atomic E-state index is 11.9. The molecule has 2 heterocycles. The molecule has 2 aliphatic heterocycles. The zero-order valence-corrected chi connectivity index (χ0v) is 9.19. The number of carbonyl (C=O) groups excluding carboxylic acids is 2. The van der Waals surface area contributed by atoms with Gasteiger partial charge in [0, 0.05) is 6.54 Å². The second kappa shape index (κ2) is 3.81. The second-order valence-electron chi connectivity index (χ2n) is 4.06. The van der Waals surface area contributed by atoms with Crippen LogP contribution in [0.25, 0.3) is 0 Å². The van der Waals surface area contributed by atoms with Crippen LogP contribution in [0.2, 0.25) is 0 Å². The highest BCUT2D eigenvalue weighted by Crippen LogP contribution is 2.22. The summed E-state index contributed by atoms with van der Waals surface area (Å²) in [5.74, 6) is -0.0683. The lowest BCUT2D eigenvalue weighted by atomic mass is 10.3. The third kappa shape index (κ3) is 1.51. The minimum atomic E-state index is -0.301. The molecule has 0 saturated carbocycles. The first-order chi connectivity index (χ1) is 7.16. The van der Waals surface area contributed by atoms with Crippen molar-refractivity contribution in [1.29, 1.82) is 0 Å². The van der Waals surface area contributed by atoms with Gasteiger partial charge in [0.25, 0.3) is 5.91 Å². The number of amides is 3. The molecular formula is C10H17N3O2. The summed E-state index contributed by atoms with van der Waals surface area (Å²) in [4.78, 5) is 26.8. The normalized spacial score (nSPS) is 31.9. The molecule has 1 N–H and O–H groups in total. The molecule has 2 fully saturated rings. The van der Waals surface area contributed by atoms with Gasteiger partial charge in [0.15, 0.2) is 0 Å². The van der Waals surface area contributed by atoms with E-state index in [0.717, 1.165) is 19.4 Å². The van der Waals surface area contributed by atoms with Gasteiger partial charge in [0.05, 0.1) is 6.17 Å². The van der Waals surface area contributed by atoms with Gasteiger partial charge >= 0.3 is 6.03 Å². The van der Waals surface area contributed by atoms with E-state index >= 15 is 0 Å². The number of nitrogens with one attached hydrogen (secondary N) is 1. The van der Waals surface area contributed by atoms with Gasteiger partial charge in [-0.15, -0.1) is 0 Å². The van der Waals surface area contributed by atoms with Crippen LogP contribution >= 0.6 is 0 Å². The highest BCUT2D eigenvalue weighted by atomic mass is 16.2. The van der Waals surface area contributed by atoms with Crippen molar-refractivity contribution in [3.63, 3.8) is 0 Å². The van der Waals surface area contributed by atoms with Crippen LogP contribution in [-0.4, -0.2) is 47.0 Å². The number of urea groups is 1. The van der Waals surface area contributed by atoms with Crippen LogP contribution < -0.4 is 5.32 Å². The Morgan fingerprint density at radius 1 is 1.47 bits per heavy atom. The predicted molar refractivity (Wildman–Crippen MR) is 55.1 cm³/mol. The van der Waals surface area contributed by atoms with Crippen LogP contribution in [0.3, 0.4) is 0 Å². The summed E-state index contributed by atoms with van der Waals surface area (Å²) in [7, 11) is 0. The van der Waals surface area contributed by atoms with Crippen molar-refractivity contribution in [1.82, 2.24) is 15.1 Å². The molecule has 0 aromatic carbocycles. The summed E-state index contributed by atoms with van der Waals surface area (Å²) >= 11 is 0. The molecular weight excluding hydrogens is 194 g/mol. The van der Waals surface area contributed by atoms with Gasteiger partial charge in [-0.2, -0.15) is 0 Å². The molecule has 0 spiro atoms. The fourth-order valence-electron chi connectivity index (χ4n) is 2.32. The van der Waals surface area contributed by atoms with Gasteiger partial charge in [-0.05, 0) is 33.2 Å². The number of imide groups is 1. The Kier molecular flexibility index (Phi) is 2.65. The molecule has 2 saturated heterocycles. The van der Waals surface area contributed by atoms with Crippen LogP contribution in [0.1, 0.15) is 26.7 Å². The average molecular weight is 211 g/mol. The monoisotopic (exact) mass is 211 g/mol. The topological polar surface area (TPSA) is 52.7 Å². The van der Waals surface area contributed by atoms with E-state index in [0.29, 0.717) is 6.54 Å². The lowest BCUT2D eigenvalue weighted by Crippen LogP contribution is -2.46. The van der Waals surface area contributed by atoms with Crippen LogP contribution in [-0.2, 0) is 4.79 Å². The van der Waals surface area contributed by atoms with Gasteiger partial charge in [-0.3, -0.25) is 10.1 Å². The summed E-state index contributed by atoms with van der Waals surface area (Å²) in [6.45, 7) is 5.17. The number of hydrogen-bond acceptors (Lipinski definition) is 3. The first-order valence-corrected chi connectivity index (χ1v) is 5.54. The van der Waals surface area contributed by atoms with E-state index < -0.39 is 0 Å². The Bertz CT molecular complexity index is 286. The molecule has 0 radical (unpaired) electrons. The molecule has 0 bridgehead atoms. The van der Waals surface area contributed by atoms with Crippen LogP contribution in [0.15, 0.2) is 0 Å². The molecule has 5 nitrogen and oxygen atoms in total. The molecule has 2 unspecified atom stereocenters. The standard InChI is InChI=1S/C10H17N3O2/c1-3-12-7(2)9(14)13(10(12)15)8-5-4-6-11-8/h7-8,11H,3-6H2,1-2H3. The summed E-state index contributed by atoms with van der Waals surface area (Å²) in [6, 6.07) is -0.445. The van der Waals surface area contributed by atoms with Crippen molar-refractivity contribution in [3.05, 3.63) is 0 Å². The minimum Gasteiger partial charge on any atom is -0.313 e. The maximum Gasteiger partial charge on any atom is 0.328 e. The fourth-order valence-corrected chi connectivity index (χ4v) is 2.32. The molecule has 5 heteroatoms. The number of rotatable bonds is 2. The van der Waals surface area contributed by atoms with Gasteiger partial charge in [0.1, 0.15) is 6.04 Å². The van der Waals surface area contributed by atoms with E-state index in [9.17, 15) is 9.59 Å².